The van der Waals surface area contributed by atoms with E-state index in [4.69, 9.17) is 0 Å². The van der Waals surface area contributed by atoms with Crippen molar-refractivity contribution in [3.8, 4) is 0 Å². The lowest BCUT2D eigenvalue weighted by Gasteiger charge is -2.30. The Balaban J connectivity index is 1.93. The fourth-order valence-corrected chi connectivity index (χ4v) is 3.16. The van der Waals surface area contributed by atoms with Crippen molar-refractivity contribution in [2.24, 2.45) is 0 Å². The quantitative estimate of drug-likeness (QED) is 0.947. The topological polar surface area (TPSA) is 57.6 Å². The smallest absolute Gasteiger partial charge is 0.336 e. The minimum Gasteiger partial charge on any atom is -0.478 e. The van der Waals surface area contributed by atoms with E-state index in [-0.39, 0.29) is 5.91 Å². The minimum atomic E-state index is -0.940. The summed E-state index contributed by atoms with van der Waals surface area (Å²) in [5, 5.41) is 9.36. The highest BCUT2D eigenvalue weighted by molar-refractivity contribution is 5.96. The molecule has 1 amide bonds. The summed E-state index contributed by atoms with van der Waals surface area (Å²) in [7, 11) is 0. The molecule has 0 saturated carbocycles. The monoisotopic (exact) mass is 309 g/mol. The average Bonchev–Trinajstić information content (AvgIpc) is 2.59. The molecule has 0 spiro atoms. The Bertz CT molecular complexity index is 767. The maximum absolute atomic E-state index is 12.8. The second-order valence-corrected chi connectivity index (χ2v) is 5.74. The molecule has 0 saturated heterocycles. The number of hydrogen-bond acceptors (Lipinski definition) is 2. The number of nitrogens with zero attached hydrogens (tertiary/aromatic N) is 1. The first-order valence-electron chi connectivity index (χ1n) is 7.83. The Hall–Kier alpha value is -2.62. The fraction of sp³-hybridized carbons (Fsp3) is 0.263. The summed E-state index contributed by atoms with van der Waals surface area (Å²) >= 11 is 0. The van der Waals surface area contributed by atoms with E-state index in [1.165, 1.54) is 0 Å². The van der Waals surface area contributed by atoms with Gasteiger partial charge in [0.1, 0.15) is 0 Å². The third-order valence-corrected chi connectivity index (χ3v) is 4.42. The van der Waals surface area contributed by atoms with Crippen molar-refractivity contribution in [1.82, 2.24) is 4.90 Å². The number of hydrogen-bond donors (Lipinski definition) is 1. The van der Waals surface area contributed by atoms with Crippen molar-refractivity contribution >= 4 is 11.9 Å². The number of aromatic carboxylic acids is 1. The summed E-state index contributed by atoms with van der Waals surface area (Å²) in [6.45, 7) is 3.00. The lowest BCUT2D eigenvalue weighted by Crippen LogP contribution is -2.37. The van der Waals surface area contributed by atoms with Crippen LogP contribution in [0.2, 0.25) is 0 Å². The van der Waals surface area contributed by atoms with Gasteiger partial charge in [0.05, 0.1) is 5.56 Å². The van der Waals surface area contributed by atoms with Crippen LogP contribution in [0.3, 0.4) is 0 Å². The molecule has 0 bridgehead atoms. The number of carboxylic acid groups (broad SMARTS) is 1. The molecule has 118 valence electrons. The van der Waals surface area contributed by atoms with Gasteiger partial charge in [-0.3, -0.25) is 4.79 Å². The van der Waals surface area contributed by atoms with Gasteiger partial charge in [0.25, 0.3) is 5.91 Å². The van der Waals surface area contributed by atoms with Gasteiger partial charge >= 0.3 is 5.97 Å². The third kappa shape index (κ3) is 2.84. The van der Waals surface area contributed by atoms with E-state index in [0.29, 0.717) is 30.6 Å². The molecule has 1 aliphatic heterocycles. The molecule has 2 aromatic rings. The molecular formula is C19H19NO3. The Kier molecular flexibility index (Phi) is 4.15. The molecule has 2 aromatic carbocycles. The molecular weight excluding hydrogens is 290 g/mol. The number of benzene rings is 2. The molecule has 23 heavy (non-hydrogen) atoms. The van der Waals surface area contributed by atoms with Crippen LogP contribution in [0.25, 0.3) is 0 Å². The molecule has 0 fully saturated rings. The number of rotatable bonds is 3. The van der Waals surface area contributed by atoms with E-state index in [9.17, 15) is 14.7 Å². The van der Waals surface area contributed by atoms with Crippen LogP contribution < -0.4 is 0 Å². The van der Waals surface area contributed by atoms with Crippen LogP contribution in [0.1, 0.15) is 44.3 Å². The first-order valence-corrected chi connectivity index (χ1v) is 7.83. The maximum Gasteiger partial charge on any atom is 0.336 e. The predicted molar refractivity (Wildman–Crippen MR) is 87.7 cm³/mol. The molecule has 1 aliphatic rings. The second-order valence-electron chi connectivity index (χ2n) is 5.74. The zero-order valence-corrected chi connectivity index (χ0v) is 13.1. The number of fused-ring (bicyclic) bond motifs is 1. The summed E-state index contributed by atoms with van der Waals surface area (Å²) in [6, 6.07) is 12.9. The number of carbonyl (C=O) groups excluding carboxylic acids is 1. The molecule has 1 heterocycles. The Morgan fingerprint density at radius 2 is 1.83 bits per heavy atom. The highest BCUT2D eigenvalue weighted by atomic mass is 16.4. The lowest BCUT2D eigenvalue weighted by atomic mass is 9.94. The SMILES string of the molecule is CCc1ccccc1C(=O)N1CCc2cccc(C(=O)O)c2C1. The molecule has 0 aromatic heterocycles. The zero-order chi connectivity index (χ0) is 16.4. The van der Waals surface area contributed by atoms with Crippen LogP contribution in [0.15, 0.2) is 42.5 Å². The standard InChI is InChI=1S/C19H19NO3/c1-2-13-6-3-4-8-15(13)18(21)20-11-10-14-7-5-9-16(19(22)23)17(14)12-20/h3-9H,2,10-12H2,1H3,(H,22,23). The highest BCUT2D eigenvalue weighted by Crippen LogP contribution is 2.25. The largest absolute Gasteiger partial charge is 0.478 e. The summed E-state index contributed by atoms with van der Waals surface area (Å²) in [5.41, 5.74) is 3.82. The van der Waals surface area contributed by atoms with Crippen LogP contribution in [0, 0.1) is 0 Å². The second kappa shape index (κ2) is 6.24. The molecule has 3 rings (SSSR count). The van der Waals surface area contributed by atoms with Gasteiger partial charge in [-0.2, -0.15) is 0 Å². The molecule has 4 heteroatoms. The summed E-state index contributed by atoms with van der Waals surface area (Å²) in [4.78, 5) is 26.0. The van der Waals surface area contributed by atoms with Gasteiger partial charge in [-0.1, -0.05) is 37.3 Å². The molecule has 1 N–H and O–H groups in total. The summed E-state index contributed by atoms with van der Waals surface area (Å²) in [6.07, 6.45) is 1.49. The van der Waals surface area contributed by atoms with Crippen molar-refractivity contribution in [2.75, 3.05) is 6.54 Å². The van der Waals surface area contributed by atoms with E-state index >= 15 is 0 Å². The minimum absolute atomic E-state index is 0.0201. The molecule has 0 unspecified atom stereocenters. The molecule has 0 atom stereocenters. The van der Waals surface area contributed by atoms with E-state index < -0.39 is 5.97 Å². The lowest BCUT2D eigenvalue weighted by molar-refractivity contribution is 0.0677. The molecule has 4 nitrogen and oxygen atoms in total. The number of carboxylic acids is 1. The van der Waals surface area contributed by atoms with Gasteiger partial charge in [-0.25, -0.2) is 4.79 Å². The predicted octanol–water partition coefficient (Wildman–Crippen LogP) is 3.15. The van der Waals surface area contributed by atoms with Crippen LogP contribution >= 0.6 is 0 Å². The van der Waals surface area contributed by atoms with Crippen LogP contribution in [0.4, 0.5) is 0 Å². The van der Waals surface area contributed by atoms with Crippen LogP contribution in [-0.2, 0) is 19.4 Å². The van der Waals surface area contributed by atoms with E-state index in [2.05, 4.69) is 0 Å². The summed E-state index contributed by atoms with van der Waals surface area (Å²) in [5.74, 6) is -0.960. The van der Waals surface area contributed by atoms with E-state index in [1.807, 2.05) is 37.3 Å². The maximum atomic E-state index is 12.8. The van der Waals surface area contributed by atoms with Crippen molar-refractivity contribution < 1.29 is 14.7 Å². The van der Waals surface area contributed by atoms with Gasteiger partial charge < -0.3 is 10.0 Å². The van der Waals surface area contributed by atoms with Gasteiger partial charge in [-0.15, -0.1) is 0 Å². The molecule has 0 radical (unpaired) electrons. The first kappa shape index (κ1) is 15.3. The van der Waals surface area contributed by atoms with Gasteiger partial charge in [0.15, 0.2) is 0 Å². The van der Waals surface area contributed by atoms with Crippen molar-refractivity contribution in [1.29, 1.82) is 0 Å². The molecule has 0 aliphatic carbocycles. The van der Waals surface area contributed by atoms with Crippen LogP contribution in [-0.4, -0.2) is 28.4 Å². The van der Waals surface area contributed by atoms with Gasteiger partial charge in [-0.05, 0) is 41.7 Å². The van der Waals surface area contributed by atoms with E-state index in [1.54, 1.807) is 17.0 Å². The fourth-order valence-electron chi connectivity index (χ4n) is 3.16. The number of amides is 1. The highest BCUT2D eigenvalue weighted by Gasteiger charge is 2.26. The number of aryl methyl sites for hydroxylation is 1. The first-order chi connectivity index (χ1) is 11.1. The van der Waals surface area contributed by atoms with E-state index in [0.717, 1.165) is 23.1 Å². The average molecular weight is 309 g/mol. The van der Waals surface area contributed by atoms with Crippen LogP contribution in [0.5, 0.6) is 0 Å². The normalized spacial score (nSPS) is 13.5. The van der Waals surface area contributed by atoms with Crippen molar-refractivity contribution in [2.45, 2.75) is 26.3 Å². The zero-order valence-electron chi connectivity index (χ0n) is 13.1. The van der Waals surface area contributed by atoms with Crippen molar-refractivity contribution in [3.63, 3.8) is 0 Å². The third-order valence-electron chi connectivity index (χ3n) is 4.42. The van der Waals surface area contributed by atoms with Crippen molar-refractivity contribution in [3.05, 3.63) is 70.3 Å². The Morgan fingerprint density at radius 3 is 2.57 bits per heavy atom. The Morgan fingerprint density at radius 1 is 1.09 bits per heavy atom. The summed E-state index contributed by atoms with van der Waals surface area (Å²) < 4.78 is 0. The Labute approximate surface area is 135 Å². The van der Waals surface area contributed by atoms with Gasteiger partial charge in [0.2, 0.25) is 0 Å². The number of carbonyl (C=O) groups is 2. The van der Waals surface area contributed by atoms with Gasteiger partial charge in [0, 0.05) is 18.7 Å².